The van der Waals surface area contributed by atoms with Crippen molar-refractivity contribution in [2.24, 2.45) is 0 Å². The lowest BCUT2D eigenvalue weighted by Gasteiger charge is -2.08. The van der Waals surface area contributed by atoms with Crippen LogP contribution in [-0.2, 0) is 6.42 Å². The number of hydrogen-bond acceptors (Lipinski definition) is 5. The minimum atomic E-state index is -0.0211. The number of allylic oxidation sites excluding steroid dienone is 1. The van der Waals surface area contributed by atoms with Crippen LogP contribution >= 0.6 is 22.9 Å². The van der Waals surface area contributed by atoms with Crippen LogP contribution in [0.4, 0.5) is 0 Å². The van der Waals surface area contributed by atoms with Gasteiger partial charge in [-0.15, -0.1) is 11.3 Å². The van der Waals surface area contributed by atoms with Gasteiger partial charge in [0.25, 0.3) is 0 Å². The molecular weight excluding hydrogens is 348 g/mol. The number of carbonyl (C=O) groups is 1. The number of ketones is 1. The van der Waals surface area contributed by atoms with Crippen LogP contribution in [0.25, 0.3) is 11.0 Å². The second kappa shape index (κ2) is 5.65. The summed E-state index contributed by atoms with van der Waals surface area (Å²) in [6, 6.07) is 3.58. The Balaban J connectivity index is 1.80. The number of benzene rings is 1. The number of halogens is 1. The summed E-state index contributed by atoms with van der Waals surface area (Å²) in [6.07, 6.45) is 4.24. The van der Waals surface area contributed by atoms with Crippen molar-refractivity contribution in [2.75, 3.05) is 14.2 Å². The highest BCUT2D eigenvalue weighted by Crippen LogP contribution is 2.37. The first-order valence-electron chi connectivity index (χ1n) is 7.23. The van der Waals surface area contributed by atoms with E-state index in [4.69, 9.17) is 21.1 Å². The third-order valence-corrected chi connectivity index (χ3v) is 5.13. The summed E-state index contributed by atoms with van der Waals surface area (Å²) in [6.45, 7) is 0. The highest BCUT2D eigenvalue weighted by molar-refractivity contribution is 7.15. The van der Waals surface area contributed by atoms with Gasteiger partial charge < -0.3 is 9.47 Å². The topological polar surface area (TPSA) is 52.8 Å². The zero-order valence-electron chi connectivity index (χ0n) is 13.0. The number of aromatic nitrogens is 2. The zero-order chi connectivity index (χ0) is 16.8. The first kappa shape index (κ1) is 15.2. The number of carbonyl (C=O) groups excluding carboxylic acids is 1. The molecule has 2 aromatic heterocycles. The molecule has 1 aromatic carbocycles. The molecular formula is C17H13ClN2O3S. The molecule has 1 aliphatic rings. The number of imidazole rings is 1. The van der Waals surface area contributed by atoms with Crippen LogP contribution in [0.2, 0.25) is 5.15 Å². The number of hydrogen-bond donors (Lipinski definition) is 0. The van der Waals surface area contributed by atoms with E-state index in [2.05, 4.69) is 4.98 Å². The second-order valence-corrected chi connectivity index (χ2v) is 6.61. The Morgan fingerprint density at radius 2 is 2.04 bits per heavy atom. The van der Waals surface area contributed by atoms with Gasteiger partial charge in [0.05, 0.1) is 19.9 Å². The van der Waals surface area contributed by atoms with Crippen molar-refractivity contribution in [3.8, 4) is 11.5 Å². The molecule has 2 heterocycles. The summed E-state index contributed by atoms with van der Waals surface area (Å²) in [5.74, 6) is 1.15. The van der Waals surface area contributed by atoms with Gasteiger partial charge in [0.15, 0.2) is 27.4 Å². The van der Waals surface area contributed by atoms with Gasteiger partial charge in [-0.2, -0.15) is 0 Å². The molecule has 0 atom stereocenters. The number of thiazole rings is 1. The minimum Gasteiger partial charge on any atom is -0.493 e. The van der Waals surface area contributed by atoms with Crippen molar-refractivity contribution in [3.63, 3.8) is 0 Å². The third-order valence-electron chi connectivity index (χ3n) is 4.09. The maximum atomic E-state index is 12.7. The molecule has 0 bridgehead atoms. The fourth-order valence-corrected chi connectivity index (χ4v) is 3.92. The van der Waals surface area contributed by atoms with Crippen molar-refractivity contribution in [1.82, 2.24) is 9.38 Å². The van der Waals surface area contributed by atoms with Crippen LogP contribution in [0, 0.1) is 0 Å². The molecule has 0 radical (unpaired) electrons. The minimum absolute atomic E-state index is 0.0211. The van der Waals surface area contributed by atoms with E-state index >= 15 is 0 Å². The Labute approximate surface area is 147 Å². The van der Waals surface area contributed by atoms with Crippen molar-refractivity contribution < 1.29 is 14.3 Å². The van der Waals surface area contributed by atoms with Crippen molar-refractivity contribution in [2.45, 2.75) is 6.42 Å². The van der Waals surface area contributed by atoms with Gasteiger partial charge >= 0.3 is 0 Å². The molecule has 0 spiro atoms. The number of nitrogens with zero attached hydrogens (tertiary/aromatic N) is 2. The van der Waals surface area contributed by atoms with Gasteiger partial charge in [-0.05, 0) is 23.8 Å². The van der Waals surface area contributed by atoms with Crippen LogP contribution < -0.4 is 9.47 Å². The number of fused-ring (bicyclic) bond motifs is 2. The molecule has 0 N–H and O–H groups in total. The van der Waals surface area contributed by atoms with Gasteiger partial charge in [0.1, 0.15) is 0 Å². The summed E-state index contributed by atoms with van der Waals surface area (Å²) >= 11 is 7.72. The second-order valence-electron chi connectivity index (χ2n) is 5.38. The Morgan fingerprint density at radius 1 is 1.29 bits per heavy atom. The molecule has 24 heavy (non-hydrogen) atoms. The van der Waals surface area contributed by atoms with E-state index in [0.717, 1.165) is 16.2 Å². The Morgan fingerprint density at radius 3 is 2.79 bits per heavy atom. The first-order valence-corrected chi connectivity index (χ1v) is 8.49. The number of methoxy groups -OCH3 is 2. The molecule has 0 saturated carbocycles. The Bertz CT molecular complexity index is 1000. The SMILES string of the molecule is COc1cc2c(cc1OC)C(=O)/C(=C\c1c(Cl)nc3sccn13)C2. The fraction of sp³-hybridized carbons (Fsp3) is 0.176. The van der Waals surface area contributed by atoms with E-state index in [-0.39, 0.29) is 5.78 Å². The first-order chi connectivity index (χ1) is 11.6. The third kappa shape index (κ3) is 2.22. The predicted octanol–water partition coefficient (Wildman–Crippen LogP) is 3.89. The predicted molar refractivity (Wildman–Crippen MR) is 93.6 cm³/mol. The van der Waals surface area contributed by atoms with Crippen LogP contribution in [-0.4, -0.2) is 29.4 Å². The van der Waals surface area contributed by atoms with Gasteiger partial charge in [-0.25, -0.2) is 4.98 Å². The number of rotatable bonds is 3. The van der Waals surface area contributed by atoms with Crippen molar-refractivity contribution in [3.05, 3.63) is 51.3 Å². The molecule has 0 unspecified atom stereocenters. The molecule has 0 aliphatic heterocycles. The maximum Gasteiger partial charge on any atom is 0.195 e. The average molecular weight is 361 g/mol. The van der Waals surface area contributed by atoms with Crippen LogP contribution in [0.3, 0.4) is 0 Å². The lowest BCUT2D eigenvalue weighted by molar-refractivity contribution is 0.104. The lowest BCUT2D eigenvalue weighted by atomic mass is 10.1. The van der Waals surface area contributed by atoms with E-state index in [1.54, 1.807) is 20.3 Å². The molecule has 3 aromatic rings. The molecule has 1 aliphatic carbocycles. The molecule has 0 amide bonds. The summed E-state index contributed by atoms with van der Waals surface area (Å²) in [5.41, 5.74) is 2.96. The van der Waals surface area contributed by atoms with Gasteiger partial charge in [-0.3, -0.25) is 9.20 Å². The van der Waals surface area contributed by atoms with Crippen LogP contribution in [0.15, 0.2) is 29.3 Å². The fourth-order valence-electron chi connectivity index (χ4n) is 2.92. The van der Waals surface area contributed by atoms with E-state index in [0.29, 0.717) is 34.2 Å². The smallest absolute Gasteiger partial charge is 0.195 e. The van der Waals surface area contributed by atoms with Crippen molar-refractivity contribution >= 4 is 39.8 Å². The molecule has 7 heteroatoms. The molecule has 0 fully saturated rings. The quantitative estimate of drug-likeness (QED) is 0.665. The summed E-state index contributed by atoms with van der Waals surface area (Å²) in [4.78, 5) is 17.8. The van der Waals surface area contributed by atoms with Crippen LogP contribution in [0.5, 0.6) is 11.5 Å². The zero-order valence-corrected chi connectivity index (χ0v) is 14.6. The highest BCUT2D eigenvalue weighted by atomic mass is 35.5. The standard InChI is InChI=1S/C17H13ClN2O3S/c1-22-13-7-9-5-10(15(21)11(9)8-14(13)23-2)6-12-16(18)19-17-20(12)3-4-24-17/h3-4,6-8H,5H2,1-2H3/b10-6-. The van der Waals surface area contributed by atoms with E-state index in [1.165, 1.54) is 11.3 Å². The summed E-state index contributed by atoms with van der Waals surface area (Å²) in [7, 11) is 3.14. The summed E-state index contributed by atoms with van der Waals surface area (Å²) in [5, 5.41) is 2.33. The molecule has 4 rings (SSSR count). The largest absolute Gasteiger partial charge is 0.493 e. The molecule has 5 nitrogen and oxygen atoms in total. The van der Waals surface area contributed by atoms with Gasteiger partial charge in [0.2, 0.25) is 0 Å². The maximum absolute atomic E-state index is 12.7. The van der Waals surface area contributed by atoms with Crippen molar-refractivity contribution in [1.29, 1.82) is 0 Å². The Hall–Kier alpha value is -2.31. The number of Topliss-reactive ketones (excluding diaryl/α,β-unsaturated/α-hetero) is 1. The van der Waals surface area contributed by atoms with E-state index in [1.807, 2.05) is 28.1 Å². The Kier molecular flexibility index (Phi) is 3.58. The monoisotopic (exact) mass is 360 g/mol. The average Bonchev–Trinajstić information content (AvgIpc) is 3.23. The van der Waals surface area contributed by atoms with E-state index in [9.17, 15) is 4.79 Å². The summed E-state index contributed by atoms with van der Waals surface area (Å²) < 4.78 is 12.5. The number of ether oxygens (including phenoxy) is 2. The highest BCUT2D eigenvalue weighted by Gasteiger charge is 2.28. The van der Waals surface area contributed by atoms with E-state index < -0.39 is 0 Å². The van der Waals surface area contributed by atoms with Gasteiger partial charge in [0, 0.05) is 29.1 Å². The van der Waals surface area contributed by atoms with Gasteiger partial charge in [-0.1, -0.05) is 11.6 Å². The normalized spacial score (nSPS) is 15.3. The van der Waals surface area contributed by atoms with Crippen LogP contribution in [0.1, 0.15) is 21.6 Å². The lowest BCUT2D eigenvalue weighted by Crippen LogP contribution is -1.98. The molecule has 0 saturated heterocycles. The molecule has 122 valence electrons.